The second-order valence-corrected chi connectivity index (χ2v) is 8.73. The van der Waals surface area contributed by atoms with Gasteiger partial charge in [0, 0.05) is 17.3 Å². The molecule has 2 rings (SSSR count). The molecule has 0 saturated heterocycles. The van der Waals surface area contributed by atoms with Gasteiger partial charge in [-0.05, 0) is 49.6 Å². The summed E-state index contributed by atoms with van der Waals surface area (Å²) in [7, 11) is -3.60. The van der Waals surface area contributed by atoms with Crippen molar-refractivity contribution in [2.24, 2.45) is 5.14 Å². The van der Waals surface area contributed by atoms with Crippen molar-refractivity contribution in [3.8, 4) is 0 Å². The van der Waals surface area contributed by atoms with Crippen molar-refractivity contribution >= 4 is 21.8 Å². The van der Waals surface area contributed by atoms with Gasteiger partial charge in [0.2, 0.25) is 10.0 Å². The fourth-order valence-corrected chi connectivity index (χ4v) is 4.53. The highest BCUT2D eigenvalue weighted by Crippen LogP contribution is 2.31. The molecule has 3 N–H and O–H groups in total. The normalized spacial score (nSPS) is 24.1. The Hall–Kier alpha value is -0.560. The largest absolute Gasteiger partial charge is 0.307 e. The molecule has 1 aromatic rings. The number of nitrogens with two attached hydrogens (primary N) is 1. The van der Waals surface area contributed by atoms with Gasteiger partial charge in [0.05, 0.1) is 4.90 Å². The maximum absolute atomic E-state index is 11.3. The van der Waals surface area contributed by atoms with Gasteiger partial charge in [-0.3, -0.25) is 0 Å². The van der Waals surface area contributed by atoms with Gasteiger partial charge in [-0.25, -0.2) is 13.6 Å². The third-order valence-electron chi connectivity index (χ3n) is 3.98. The van der Waals surface area contributed by atoms with E-state index in [1.54, 1.807) is 12.1 Å². The van der Waals surface area contributed by atoms with Crippen molar-refractivity contribution in [2.45, 2.75) is 55.3 Å². The van der Waals surface area contributed by atoms with Crippen LogP contribution >= 0.6 is 11.8 Å². The highest BCUT2D eigenvalue weighted by Gasteiger charge is 2.25. The number of thioether (sulfide) groups is 1. The van der Waals surface area contributed by atoms with Gasteiger partial charge < -0.3 is 5.32 Å². The van der Waals surface area contributed by atoms with E-state index in [2.05, 4.69) is 19.2 Å². The second kappa shape index (κ2) is 7.13. The van der Waals surface area contributed by atoms with Crippen molar-refractivity contribution < 1.29 is 8.42 Å². The van der Waals surface area contributed by atoms with Crippen LogP contribution in [-0.4, -0.2) is 25.5 Å². The molecule has 0 radical (unpaired) electrons. The number of hydrogen-bond acceptors (Lipinski definition) is 4. The zero-order valence-electron chi connectivity index (χ0n) is 12.6. The van der Waals surface area contributed by atoms with Crippen molar-refractivity contribution in [1.82, 2.24) is 5.32 Å². The summed E-state index contributed by atoms with van der Waals surface area (Å²) >= 11 is 2.05. The number of sulfonamides is 1. The Bertz CT molecular complexity index is 558. The fraction of sp³-hybridized carbons (Fsp3) is 0.600. The minimum atomic E-state index is -3.60. The highest BCUT2D eigenvalue weighted by atomic mass is 32.2. The highest BCUT2D eigenvalue weighted by molar-refractivity contribution is 7.99. The molecule has 118 valence electrons. The van der Waals surface area contributed by atoms with Crippen LogP contribution in [0.3, 0.4) is 0 Å². The van der Waals surface area contributed by atoms with Gasteiger partial charge in [0.25, 0.3) is 0 Å². The smallest absolute Gasteiger partial charge is 0.238 e. The third kappa shape index (κ3) is 4.71. The Labute approximate surface area is 131 Å². The Balaban J connectivity index is 1.93. The molecule has 6 heteroatoms. The summed E-state index contributed by atoms with van der Waals surface area (Å²) in [6.45, 7) is 4.33. The lowest BCUT2D eigenvalue weighted by molar-refractivity contribution is 0.462. The van der Waals surface area contributed by atoms with Crippen LogP contribution < -0.4 is 10.5 Å². The Morgan fingerprint density at radius 3 is 2.57 bits per heavy atom. The van der Waals surface area contributed by atoms with E-state index < -0.39 is 10.0 Å². The van der Waals surface area contributed by atoms with Gasteiger partial charge in [0.15, 0.2) is 0 Å². The molecule has 3 atom stereocenters. The molecular formula is C15H24N2O2S2. The molecule has 4 nitrogen and oxygen atoms in total. The van der Waals surface area contributed by atoms with E-state index in [0.29, 0.717) is 6.04 Å². The van der Waals surface area contributed by atoms with Crippen LogP contribution in [0.4, 0.5) is 0 Å². The van der Waals surface area contributed by atoms with Gasteiger partial charge in [0.1, 0.15) is 0 Å². The van der Waals surface area contributed by atoms with Crippen LogP contribution in [0, 0.1) is 0 Å². The Morgan fingerprint density at radius 2 is 2.00 bits per heavy atom. The molecule has 1 aromatic carbocycles. The Morgan fingerprint density at radius 1 is 1.33 bits per heavy atom. The first-order valence-corrected chi connectivity index (χ1v) is 10.00. The van der Waals surface area contributed by atoms with E-state index in [4.69, 9.17) is 5.14 Å². The van der Waals surface area contributed by atoms with Crippen LogP contribution in [0.25, 0.3) is 0 Å². The Kier molecular flexibility index (Phi) is 5.71. The maximum Gasteiger partial charge on any atom is 0.238 e. The molecule has 0 heterocycles. The molecule has 0 aromatic heterocycles. The number of benzene rings is 1. The first-order chi connectivity index (χ1) is 9.90. The van der Waals surface area contributed by atoms with Crippen LogP contribution in [-0.2, 0) is 10.0 Å². The molecule has 1 aliphatic carbocycles. The average molecular weight is 329 g/mol. The van der Waals surface area contributed by atoms with Crippen LogP contribution in [0.15, 0.2) is 29.2 Å². The lowest BCUT2D eigenvalue weighted by Crippen LogP contribution is -2.29. The summed E-state index contributed by atoms with van der Waals surface area (Å²) in [5, 5.41) is 9.54. The number of hydrogen-bond donors (Lipinski definition) is 2. The van der Waals surface area contributed by atoms with E-state index in [0.717, 1.165) is 10.8 Å². The van der Waals surface area contributed by atoms with Gasteiger partial charge in [-0.2, -0.15) is 11.8 Å². The molecule has 21 heavy (non-hydrogen) atoms. The standard InChI is InChI=1S/C15H24N2O2S2/c1-3-20-14-7-6-13(10-14)17-11(2)12-4-8-15(9-5-12)21(16,18)19/h4-5,8-9,11,13-14,17H,3,6-7,10H2,1-2H3,(H2,16,18,19). The number of nitrogens with one attached hydrogen (secondary N) is 1. The number of rotatable bonds is 6. The maximum atomic E-state index is 11.3. The minimum absolute atomic E-state index is 0.165. The summed E-state index contributed by atoms with van der Waals surface area (Å²) in [5.74, 6) is 1.18. The van der Waals surface area contributed by atoms with E-state index in [9.17, 15) is 8.42 Å². The molecular weight excluding hydrogens is 304 g/mol. The molecule has 0 spiro atoms. The lowest BCUT2D eigenvalue weighted by atomic mass is 10.1. The molecule has 1 aliphatic rings. The van der Waals surface area contributed by atoms with Crippen LogP contribution in [0.5, 0.6) is 0 Å². The SMILES string of the molecule is CCSC1CCC(NC(C)c2ccc(S(N)(=O)=O)cc2)C1. The first-order valence-electron chi connectivity index (χ1n) is 7.40. The molecule has 1 saturated carbocycles. The van der Waals surface area contributed by atoms with Crippen molar-refractivity contribution in [2.75, 3.05) is 5.75 Å². The van der Waals surface area contributed by atoms with Gasteiger partial charge in [-0.15, -0.1) is 0 Å². The van der Waals surface area contributed by atoms with E-state index >= 15 is 0 Å². The van der Waals surface area contributed by atoms with Crippen LogP contribution in [0.2, 0.25) is 0 Å². The van der Waals surface area contributed by atoms with Crippen molar-refractivity contribution in [1.29, 1.82) is 0 Å². The van der Waals surface area contributed by atoms with Gasteiger partial charge >= 0.3 is 0 Å². The van der Waals surface area contributed by atoms with Crippen molar-refractivity contribution in [3.05, 3.63) is 29.8 Å². The predicted octanol–water partition coefficient (Wildman–Crippen LogP) is 2.66. The summed E-state index contributed by atoms with van der Waals surface area (Å²) in [6.07, 6.45) is 3.72. The summed E-state index contributed by atoms with van der Waals surface area (Å²) < 4.78 is 22.5. The molecule has 1 fully saturated rings. The quantitative estimate of drug-likeness (QED) is 0.842. The third-order valence-corrected chi connectivity index (χ3v) is 6.14. The number of primary sulfonamides is 1. The zero-order valence-corrected chi connectivity index (χ0v) is 14.2. The van der Waals surface area contributed by atoms with Gasteiger partial charge in [-0.1, -0.05) is 19.1 Å². The monoisotopic (exact) mass is 328 g/mol. The molecule has 0 aliphatic heterocycles. The zero-order chi connectivity index (χ0) is 15.5. The molecule has 0 bridgehead atoms. The topological polar surface area (TPSA) is 72.2 Å². The van der Waals surface area contributed by atoms with Crippen LogP contribution in [0.1, 0.15) is 44.7 Å². The summed E-state index contributed by atoms with van der Waals surface area (Å²) in [5.41, 5.74) is 1.09. The van der Waals surface area contributed by atoms with Crippen molar-refractivity contribution in [3.63, 3.8) is 0 Å². The molecule has 3 unspecified atom stereocenters. The van der Waals surface area contributed by atoms with E-state index in [1.165, 1.54) is 25.0 Å². The first kappa shape index (κ1) is 16.8. The summed E-state index contributed by atoms with van der Waals surface area (Å²) in [4.78, 5) is 0.165. The molecule has 0 amide bonds. The van der Waals surface area contributed by atoms with E-state index in [1.807, 2.05) is 23.9 Å². The second-order valence-electron chi connectivity index (χ2n) is 5.59. The summed E-state index contributed by atoms with van der Waals surface area (Å²) in [6, 6.07) is 7.60. The minimum Gasteiger partial charge on any atom is -0.307 e. The average Bonchev–Trinajstić information content (AvgIpc) is 2.86. The lowest BCUT2D eigenvalue weighted by Gasteiger charge is -2.20. The fourth-order valence-electron chi connectivity index (χ4n) is 2.87. The predicted molar refractivity (Wildman–Crippen MR) is 88.9 cm³/mol. The van der Waals surface area contributed by atoms with E-state index in [-0.39, 0.29) is 10.9 Å².